The number of hydrogen-bond donors (Lipinski definition) is 0. The van der Waals surface area contributed by atoms with Gasteiger partial charge in [0.1, 0.15) is 0 Å². The van der Waals surface area contributed by atoms with Gasteiger partial charge in [0.05, 0.1) is 0 Å². The number of amides is 1. The Balaban J connectivity index is 2.05. The molecule has 2 rings (SSSR count). The minimum absolute atomic E-state index is 0.393. The molecule has 2 aliphatic rings. The van der Waals surface area contributed by atoms with Crippen molar-refractivity contribution in [2.24, 2.45) is 5.41 Å². The fourth-order valence-corrected chi connectivity index (χ4v) is 2.91. The highest BCUT2D eigenvalue weighted by atomic mass is 16.2. The van der Waals surface area contributed by atoms with Gasteiger partial charge in [-0.15, -0.1) is 0 Å². The van der Waals surface area contributed by atoms with E-state index >= 15 is 0 Å². The second-order valence-corrected chi connectivity index (χ2v) is 4.65. The summed E-state index contributed by atoms with van der Waals surface area (Å²) in [5, 5.41) is 0. The van der Waals surface area contributed by atoms with E-state index in [9.17, 15) is 4.79 Å². The topological polar surface area (TPSA) is 20.3 Å². The van der Waals surface area contributed by atoms with Crippen LogP contribution in [0.2, 0.25) is 0 Å². The zero-order valence-corrected chi connectivity index (χ0v) is 8.51. The number of nitrogens with zero attached hydrogens (tertiary/aromatic N) is 1. The third kappa shape index (κ3) is 1.59. The zero-order valence-electron chi connectivity index (χ0n) is 8.51. The maximum atomic E-state index is 11.6. The fraction of sp³-hybridized carbons (Fsp3) is 0.909. The van der Waals surface area contributed by atoms with Gasteiger partial charge in [-0.2, -0.15) is 0 Å². The summed E-state index contributed by atoms with van der Waals surface area (Å²) < 4.78 is 0. The minimum Gasteiger partial charge on any atom is -0.342 e. The van der Waals surface area contributed by atoms with Crippen molar-refractivity contribution in [2.75, 3.05) is 13.1 Å². The molecule has 0 aromatic heterocycles. The Morgan fingerprint density at radius 2 is 2.00 bits per heavy atom. The summed E-state index contributed by atoms with van der Waals surface area (Å²) in [5.74, 6) is 0.393. The molecule has 1 amide bonds. The van der Waals surface area contributed by atoms with Gasteiger partial charge >= 0.3 is 0 Å². The van der Waals surface area contributed by atoms with Gasteiger partial charge in [-0.1, -0.05) is 19.3 Å². The Morgan fingerprint density at radius 3 is 2.54 bits per heavy atom. The van der Waals surface area contributed by atoms with E-state index in [4.69, 9.17) is 0 Å². The SMILES string of the molecule is CCN1CC2(CCCCC2)CC1=O. The van der Waals surface area contributed by atoms with Gasteiger partial charge in [-0.3, -0.25) is 4.79 Å². The van der Waals surface area contributed by atoms with Crippen molar-refractivity contribution in [1.82, 2.24) is 4.90 Å². The normalized spacial score (nSPS) is 27.2. The lowest BCUT2D eigenvalue weighted by atomic mass is 9.73. The van der Waals surface area contributed by atoms with Gasteiger partial charge in [0.2, 0.25) is 5.91 Å². The van der Waals surface area contributed by atoms with Crippen LogP contribution >= 0.6 is 0 Å². The molecular weight excluding hydrogens is 162 g/mol. The smallest absolute Gasteiger partial charge is 0.223 e. The van der Waals surface area contributed by atoms with Gasteiger partial charge < -0.3 is 4.90 Å². The van der Waals surface area contributed by atoms with Crippen molar-refractivity contribution in [2.45, 2.75) is 45.4 Å². The van der Waals surface area contributed by atoms with Crippen molar-refractivity contribution in [3.05, 3.63) is 0 Å². The summed E-state index contributed by atoms with van der Waals surface area (Å²) in [6.45, 7) is 4.03. The summed E-state index contributed by atoms with van der Waals surface area (Å²) in [6, 6.07) is 0. The molecule has 1 aliphatic carbocycles. The first kappa shape index (κ1) is 9.04. The molecule has 74 valence electrons. The summed E-state index contributed by atoms with van der Waals surface area (Å²) >= 11 is 0. The third-order valence-corrected chi connectivity index (χ3v) is 3.70. The molecule has 13 heavy (non-hydrogen) atoms. The molecule has 0 aromatic carbocycles. The molecule has 2 heteroatoms. The molecule has 0 aromatic rings. The average Bonchev–Trinajstić information content (AvgIpc) is 2.44. The lowest BCUT2D eigenvalue weighted by molar-refractivity contribution is -0.127. The first-order valence-electron chi connectivity index (χ1n) is 5.54. The molecule has 1 saturated carbocycles. The van der Waals surface area contributed by atoms with E-state index in [-0.39, 0.29) is 0 Å². The molecule has 0 unspecified atom stereocenters. The molecule has 1 heterocycles. The van der Waals surface area contributed by atoms with Crippen LogP contribution in [0.1, 0.15) is 45.4 Å². The Kier molecular flexibility index (Phi) is 2.31. The molecule has 2 fully saturated rings. The lowest BCUT2D eigenvalue weighted by Gasteiger charge is -2.32. The van der Waals surface area contributed by atoms with Crippen LogP contribution in [0.5, 0.6) is 0 Å². The fourth-order valence-electron chi connectivity index (χ4n) is 2.91. The first-order chi connectivity index (χ1) is 6.26. The Hall–Kier alpha value is -0.530. The van der Waals surface area contributed by atoms with E-state index in [0.717, 1.165) is 19.5 Å². The minimum atomic E-state index is 0.393. The summed E-state index contributed by atoms with van der Waals surface area (Å²) in [6.07, 6.45) is 7.46. The van der Waals surface area contributed by atoms with Gasteiger partial charge in [0.25, 0.3) is 0 Å². The third-order valence-electron chi connectivity index (χ3n) is 3.70. The van der Waals surface area contributed by atoms with E-state index in [2.05, 4.69) is 6.92 Å². The predicted octanol–water partition coefficient (Wildman–Crippen LogP) is 2.19. The van der Waals surface area contributed by atoms with Crippen LogP contribution in [0.15, 0.2) is 0 Å². The number of rotatable bonds is 1. The Morgan fingerprint density at radius 1 is 1.31 bits per heavy atom. The van der Waals surface area contributed by atoms with Crippen LogP contribution in [0.25, 0.3) is 0 Å². The number of hydrogen-bond acceptors (Lipinski definition) is 1. The summed E-state index contributed by atoms with van der Waals surface area (Å²) in [5.41, 5.74) is 0.394. The maximum absolute atomic E-state index is 11.6. The number of carbonyl (C=O) groups is 1. The highest BCUT2D eigenvalue weighted by molar-refractivity contribution is 5.79. The molecule has 0 bridgehead atoms. The number of likely N-dealkylation sites (tertiary alicyclic amines) is 1. The van der Waals surface area contributed by atoms with Crippen molar-refractivity contribution in [3.8, 4) is 0 Å². The maximum Gasteiger partial charge on any atom is 0.223 e. The van der Waals surface area contributed by atoms with Crippen LogP contribution in [0.3, 0.4) is 0 Å². The lowest BCUT2D eigenvalue weighted by Crippen LogP contribution is -2.29. The van der Waals surface area contributed by atoms with Crippen molar-refractivity contribution in [3.63, 3.8) is 0 Å². The highest BCUT2D eigenvalue weighted by Gasteiger charge is 2.42. The molecule has 0 radical (unpaired) electrons. The molecule has 1 aliphatic heterocycles. The highest BCUT2D eigenvalue weighted by Crippen LogP contribution is 2.43. The van der Waals surface area contributed by atoms with Crippen molar-refractivity contribution in [1.29, 1.82) is 0 Å². The summed E-state index contributed by atoms with van der Waals surface area (Å²) in [7, 11) is 0. The van der Waals surface area contributed by atoms with E-state index < -0.39 is 0 Å². The van der Waals surface area contributed by atoms with Crippen molar-refractivity contribution >= 4 is 5.91 Å². The molecular formula is C11H19NO. The molecule has 2 nitrogen and oxygen atoms in total. The average molecular weight is 181 g/mol. The summed E-state index contributed by atoms with van der Waals surface area (Å²) in [4.78, 5) is 13.6. The monoisotopic (exact) mass is 181 g/mol. The second kappa shape index (κ2) is 3.32. The second-order valence-electron chi connectivity index (χ2n) is 4.65. The Labute approximate surface area is 80.3 Å². The number of carbonyl (C=O) groups excluding carboxylic acids is 1. The van der Waals surface area contributed by atoms with Crippen molar-refractivity contribution < 1.29 is 4.79 Å². The van der Waals surface area contributed by atoms with E-state index in [0.29, 0.717) is 11.3 Å². The van der Waals surface area contributed by atoms with Crippen LogP contribution in [0, 0.1) is 5.41 Å². The van der Waals surface area contributed by atoms with Crippen LogP contribution in [-0.2, 0) is 4.79 Å². The largest absolute Gasteiger partial charge is 0.342 e. The van der Waals surface area contributed by atoms with E-state index in [1.54, 1.807) is 0 Å². The molecule has 0 atom stereocenters. The quantitative estimate of drug-likeness (QED) is 0.607. The molecule has 1 saturated heterocycles. The predicted molar refractivity (Wildman–Crippen MR) is 52.4 cm³/mol. The van der Waals surface area contributed by atoms with Gasteiger partial charge in [0, 0.05) is 19.5 Å². The van der Waals surface area contributed by atoms with Crippen LogP contribution in [0.4, 0.5) is 0 Å². The molecule has 0 N–H and O–H groups in total. The van der Waals surface area contributed by atoms with E-state index in [1.165, 1.54) is 32.1 Å². The van der Waals surface area contributed by atoms with Gasteiger partial charge in [-0.25, -0.2) is 0 Å². The first-order valence-corrected chi connectivity index (χ1v) is 5.54. The standard InChI is InChI=1S/C11H19NO/c1-2-12-9-11(8-10(12)13)6-4-3-5-7-11/h2-9H2,1H3. The van der Waals surface area contributed by atoms with Crippen LogP contribution in [-0.4, -0.2) is 23.9 Å². The van der Waals surface area contributed by atoms with Crippen LogP contribution < -0.4 is 0 Å². The van der Waals surface area contributed by atoms with E-state index in [1.807, 2.05) is 4.90 Å². The van der Waals surface area contributed by atoms with Gasteiger partial charge in [0.15, 0.2) is 0 Å². The molecule has 1 spiro atoms. The zero-order chi connectivity index (χ0) is 9.31. The Bertz CT molecular complexity index is 206. The van der Waals surface area contributed by atoms with Gasteiger partial charge in [-0.05, 0) is 25.2 Å².